The normalized spacial score (nSPS) is 12.6. The average Bonchev–Trinajstić information content (AvgIpc) is 2.31. The lowest BCUT2D eigenvalue weighted by atomic mass is 10.1. The van der Waals surface area contributed by atoms with Gasteiger partial charge in [0.15, 0.2) is 0 Å². The Hall–Kier alpha value is -0.570. The van der Waals surface area contributed by atoms with Gasteiger partial charge in [-0.15, -0.1) is 0 Å². The minimum absolute atomic E-state index is 0.340. The second-order valence-electron chi connectivity index (χ2n) is 4.75. The highest BCUT2D eigenvalue weighted by Gasteiger charge is 2.15. The van der Waals surface area contributed by atoms with Gasteiger partial charge >= 0.3 is 5.97 Å². The molecule has 0 rings (SSSR count). The monoisotopic (exact) mass is 243 g/mol. The highest BCUT2D eigenvalue weighted by atomic mass is 16.4. The van der Waals surface area contributed by atoms with Crippen molar-refractivity contribution in [3.05, 3.63) is 0 Å². The zero-order valence-electron chi connectivity index (χ0n) is 11.5. The Morgan fingerprint density at radius 1 is 1.00 bits per heavy atom. The van der Waals surface area contributed by atoms with Crippen molar-refractivity contribution in [1.29, 1.82) is 0 Å². The molecule has 0 aliphatic heterocycles. The first kappa shape index (κ1) is 16.4. The van der Waals surface area contributed by atoms with Crippen LogP contribution in [0.1, 0.15) is 71.6 Å². The number of carbonyl (C=O) groups is 1. The van der Waals surface area contributed by atoms with Crippen molar-refractivity contribution in [2.75, 3.05) is 6.54 Å². The number of nitrogens with one attached hydrogen (secondary N) is 1. The van der Waals surface area contributed by atoms with Crippen molar-refractivity contribution in [3.8, 4) is 0 Å². The van der Waals surface area contributed by atoms with Crippen LogP contribution in [-0.4, -0.2) is 23.7 Å². The molecule has 0 fully saturated rings. The first-order valence-electron chi connectivity index (χ1n) is 7.18. The van der Waals surface area contributed by atoms with Crippen LogP contribution in [-0.2, 0) is 4.79 Å². The summed E-state index contributed by atoms with van der Waals surface area (Å²) in [5.74, 6) is -0.699. The maximum atomic E-state index is 11.0. The maximum Gasteiger partial charge on any atom is 0.320 e. The molecule has 0 saturated carbocycles. The summed E-state index contributed by atoms with van der Waals surface area (Å²) >= 11 is 0. The largest absolute Gasteiger partial charge is 0.480 e. The lowest BCUT2D eigenvalue weighted by Crippen LogP contribution is -2.37. The molecule has 0 bridgehead atoms. The molecule has 102 valence electrons. The molecule has 2 N–H and O–H groups in total. The zero-order valence-corrected chi connectivity index (χ0v) is 11.5. The van der Waals surface area contributed by atoms with Crippen LogP contribution in [0.3, 0.4) is 0 Å². The number of hydrogen-bond donors (Lipinski definition) is 2. The minimum Gasteiger partial charge on any atom is -0.480 e. The fourth-order valence-electron chi connectivity index (χ4n) is 1.89. The van der Waals surface area contributed by atoms with E-state index in [2.05, 4.69) is 19.2 Å². The third-order valence-corrected chi connectivity index (χ3v) is 3.07. The fraction of sp³-hybridized carbons (Fsp3) is 0.929. The van der Waals surface area contributed by atoms with Gasteiger partial charge in [0, 0.05) is 0 Å². The van der Waals surface area contributed by atoms with E-state index in [4.69, 9.17) is 5.11 Å². The van der Waals surface area contributed by atoms with Gasteiger partial charge in [-0.25, -0.2) is 0 Å². The van der Waals surface area contributed by atoms with Crippen LogP contribution >= 0.6 is 0 Å². The molecule has 0 heterocycles. The van der Waals surface area contributed by atoms with E-state index < -0.39 is 5.97 Å². The van der Waals surface area contributed by atoms with E-state index in [0.717, 1.165) is 32.2 Å². The SMILES string of the molecule is CCCCCCCCC(NCCCC)C(=O)O. The molecule has 0 aliphatic rings. The summed E-state index contributed by atoms with van der Waals surface area (Å²) in [6.45, 7) is 5.15. The van der Waals surface area contributed by atoms with E-state index in [-0.39, 0.29) is 6.04 Å². The minimum atomic E-state index is -0.699. The molecule has 0 radical (unpaired) electrons. The number of hydrogen-bond acceptors (Lipinski definition) is 2. The average molecular weight is 243 g/mol. The standard InChI is InChI=1S/C14H29NO2/c1-3-5-7-8-9-10-11-13(14(16)17)15-12-6-4-2/h13,15H,3-12H2,1-2H3,(H,16,17). The Bertz CT molecular complexity index is 183. The van der Waals surface area contributed by atoms with Gasteiger partial charge in [-0.05, 0) is 19.4 Å². The number of rotatable bonds is 12. The molecular weight excluding hydrogens is 214 g/mol. The second kappa shape index (κ2) is 11.9. The van der Waals surface area contributed by atoms with Gasteiger partial charge in [-0.3, -0.25) is 4.79 Å². The van der Waals surface area contributed by atoms with Gasteiger partial charge in [0.2, 0.25) is 0 Å². The van der Waals surface area contributed by atoms with Crippen molar-refractivity contribution in [1.82, 2.24) is 5.32 Å². The molecule has 3 heteroatoms. The molecule has 0 aliphatic carbocycles. The Morgan fingerprint density at radius 3 is 2.18 bits per heavy atom. The van der Waals surface area contributed by atoms with E-state index in [1.807, 2.05) is 0 Å². The smallest absolute Gasteiger partial charge is 0.320 e. The van der Waals surface area contributed by atoms with Crippen LogP contribution in [0, 0.1) is 0 Å². The van der Waals surface area contributed by atoms with Gasteiger partial charge < -0.3 is 10.4 Å². The predicted molar refractivity (Wildman–Crippen MR) is 72.3 cm³/mol. The van der Waals surface area contributed by atoms with Gasteiger partial charge in [-0.1, -0.05) is 58.8 Å². The molecule has 1 unspecified atom stereocenters. The first-order chi connectivity index (χ1) is 8.22. The van der Waals surface area contributed by atoms with Crippen molar-refractivity contribution in [3.63, 3.8) is 0 Å². The Kier molecular flexibility index (Phi) is 11.5. The van der Waals surface area contributed by atoms with Crippen molar-refractivity contribution in [2.45, 2.75) is 77.7 Å². The number of unbranched alkanes of at least 4 members (excludes halogenated alkanes) is 6. The highest BCUT2D eigenvalue weighted by molar-refractivity contribution is 5.73. The molecule has 0 aromatic rings. The summed E-state index contributed by atoms with van der Waals surface area (Å²) in [5.41, 5.74) is 0. The van der Waals surface area contributed by atoms with Crippen LogP contribution in [0.15, 0.2) is 0 Å². The summed E-state index contributed by atoms with van der Waals surface area (Å²) in [6.07, 6.45) is 10.2. The number of carboxylic acid groups (broad SMARTS) is 1. The Balaban J connectivity index is 3.52. The molecule has 0 amide bonds. The van der Waals surface area contributed by atoms with Gasteiger partial charge in [0.1, 0.15) is 6.04 Å². The van der Waals surface area contributed by atoms with Crippen molar-refractivity contribution < 1.29 is 9.90 Å². The molecule has 0 aromatic carbocycles. The van der Waals surface area contributed by atoms with Crippen LogP contribution in [0.2, 0.25) is 0 Å². The van der Waals surface area contributed by atoms with Gasteiger partial charge in [0.25, 0.3) is 0 Å². The quantitative estimate of drug-likeness (QED) is 0.515. The lowest BCUT2D eigenvalue weighted by Gasteiger charge is -2.13. The maximum absolute atomic E-state index is 11.0. The van der Waals surface area contributed by atoms with E-state index in [9.17, 15) is 4.79 Å². The number of carboxylic acids is 1. The summed E-state index contributed by atoms with van der Waals surface area (Å²) in [7, 11) is 0. The molecule has 0 spiro atoms. The Morgan fingerprint density at radius 2 is 1.59 bits per heavy atom. The third kappa shape index (κ3) is 10.3. The van der Waals surface area contributed by atoms with Crippen molar-refractivity contribution >= 4 is 5.97 Å². The Labute approximate surface area is 106 Å². The van der Waals surface area contributed by atoms with Crippen molar-refractivity contribution in [2.24, 2.45) is 0 Å². The summed E-state index contributed by atoms with van der Waals surface area (Å²) in [5, 5.41) is 12.2. The van der Waals surface area contributed by atoms with Crippen LogP contribution in [0.25, 0.3) is 0 Å². The lowest BCUT2D eigenvalue weighted by molar-refractivity contribution is -0.139. The van der Waals surface area contributed by atoms with E-state index in [1.165, 1.54) is 32.1 Å². The van der Waals surface area contributed by atoms with Gasteiger partial charge in [-0.2, -0.15) is 0 Å². The van der Waals surface area contributed by atoms with Crippen LogP contribution < -0.4 is 5.32 Å². The summed E-state index contributed by atoms with van der Waals surface area (Å²) in [4.78, 5) is 11.0. The van der Waals surface area contributed by atoms with Crippen LogP contribution in [0.4, 0.5) is 0 Å². The highest BCUT2D eigenvalue weighted by Crippen LogP contribution is 2.09. The van der Waals surface area contributed by atoms with E-state index in [1.54, 1.807) is 0 Å². The molecule has 17 heavy (non-hydrogen) atoms. The summed E-state index contributed by atoms with van der Waals surface area (Å²) in [6, 6.07) is -0.340. The fourth-order valence-corrected chi connectivity index (χ4v) is 1.89. The second-order valence-corrected chi connectivity index (χ2v) is 4.75. The third-order valence-electron chi connectivity index (χ3n) is 3.07. The topological polar surface area (TPSA) is 49.3 Å². The van der Waals surface area contributed by atoms with Gasteiger partial charge in [0.05, 0.1) is 0 Å². The molecule has 3 nitrogen and oxygen atoms in total. The van der Waals surface area contributed by atoms with Crippen LogP contribution in [0.5, 0.6) is 0 Å². The first-order valence-corrected chi connectivity index (χ1v) is 7.18. The molecular formula is C14H29NO2. The molecule has 0 aromatic heterocycles. The summed E-state index contributed by atoms with van der Waals surface area (Å²) < 4.78 is 0. The van der Waals surface area contributed by atoms with E-state index >= 15 is 0 Å². The molecule has 1 atom stereocenters. The number of aliphatic carboxylic acids is 1. The molecule has 0 saturated heterocycles. The zero-order chi connectivity index (χ0) is 12.9. The van der Waals surface area contributed by atoms with E-state index in [0.29, 0.717) is 0 Å². The predicted octanol–water partition coefficient (Wildman–Crippen LogP) is 3.58.